The highest BCUT2D eigenvalue weighted by Gasteiger charge is 2.64. The van der Waals surface area contributed by atoms with Crippen molar-refractivity contribution in [1.82, 2.24) is 0 Å². The molecule has 20 heteroatoms. The topological polar surface area (TPSA) is 291 Å². The molecule has 11 rings (SSSR count). The molecule has 9 aromatic carbocycles. The first-order chi connectivity index (χ1) is 47.0. The van der Waals surface area contributed by atoms with E-state index in [-0.39, 0.29) is 29.2 Å². The van der Waals surface area contributed by atoms with Gasteiger partial charge in [-0.1, -0.05) is 171 Å². The number of hydrogen-bond acceptors (Lipinski definition) is 17. The first-order valence-corrected chi connectivity index (χ1v) is 30.3. The standard InChI is InChI=1S/C77H60O20/c1-3-67(79)94-45-55(96-70(83)62-20-6-5-19-61(62)69(81)82)43-92-53-37-29-49(30-38-53)76(65-23-13-9-17-59(65)60-18-10-14-24-66(60)76)50-31-39-54(40-32-50)93-44-56(46-95-68(80)4-2)97-74(89)77(71(84)85,72(86)87)73(88)91-42-41-90-52-35-27-48(28-36-52)75(47-25-33-51(78)34-26-47)63-21-11-7-15-57(63)58-16-8-12-22-64(58)75/h3-40,55-56,78H,1-2,41-46H2,(H,81,82)(H,84,85)(H,86,87). The van der Waals surface area contributed by atoms with Gasteiger partial charge in [-0.25, -0.2) is 38.4 Å². The van der Waals surface area contributed by atoms with Crippen molar-refractivity contribution in [3.63, 3.8) is 0 Å². The smallest absolute Gasteiger partial charge is 0.355 e. The summed E-state index contributed by atoms with van der Waals surface area (Å²) in [6.45, 7) is 3.37. The second-order valence-corrected chi connectivity index (χ2v) is 22.3. The van der Waals surface area contributed by atoms with Crippen molar-refractivity contribution in [3.05, 3.63) is 299 Å². The second-order valence-electron chi connectivity index (χ2n) is 22.3. The van der Waals surface area contributed by atoms with E-state index in [9.17, 15) is 58.8 Å². The molecule has 97 heavy (non-hydrogen) atoms. The normalized spacial score (nSPS) is 13.2. The van der Waals surface area contributed by atoms with Gasteiger partial charge in [0.2, 0.25) is 0 Å². The highest BCUT2D eigenvalue weighted by molar-refractivity contribution is 6.32. The molecular weight excluding hydrogens is 1240 g/mol. The quantitative estimate of drug-likeness (QED) is 0.0116. The number of carboxylic acid groups (broad SMARTS) is 3. The number of carboxylic acids is 3. The predicted octanol–water partition coefficient (Wildman–Crippen LogP) is 10.9. The Labute approximate surface area is 554 Å². The minimum absolute atomic E-state index is 0.102. The number of carbonyl (C=O) groups is 8. The average Bonchev–Trinajstić information content (AvgIpc) is 1.53. The Bertz CT molecular complexity index is 4410. The number of aromatic hydroxyl groups is 1. The van der Waals surface area contributed by atoms with E-state index in [0.717, 1.165) is 78.9 Å². The van der Waals surface area contributed by atoms with Gasteiger partial charge in [0.05, 0.1) is 22.0 Å². The molecule has 2 aliphatic carbocycles. The van der Waals surface area contributed by atoms with E-state index in [4.69, 9.17) is 37.9 Å². The number of ether oxygens (including phenoxy) is 8. The lowest BCUT2D eigenvalue weighted by Gasteiger charge is -2.34. The summed E-state index contributed by atoms with van der Waals surface area (Å²) >= 11 is 0. The Morgan fingerprint density at radius 2 is 0.742 bits per heavy atom. The number of benzene rings is 9. The number of carbonyl (C=O) groups excluding carboxylic acids is 5. The van der Waals surface area contributed by atoms with Crippen LogP contribution in [0.2, 0.25) is 0 Å². The lowest BCUT2D eigenvalue weighted by Crippen LogP contribution is -2.55. The maximum atomic E-state index is 14.0. The Hall–Kier alpha value is -12.6. The van der Waals surface area contributed by atoms with Gasteiger partial charge in [0, 0.05) is 12.2 Å². The number of aromatic carboxylic acids is 1. The number of esters is 5. The molecule has 0 saturated heterocycles. The molecule has 0 aromatic heterocycles. The van der Waals surface area contributed by atoms with Crippen molar-refractivity contribution < 1.29 is 96.7 Å². The summed E-state index contributed by atoms with van der Waals surface area (Å²) in [7, 11) is 0. The number of hydrogen-bond donors (Lipinski definition) is 4. The fraction of sp³-hybridized carbons (Fsp3) is 0.143. The van der Waals surface area contributed by atoms with Gasteiger partial charge in [-0.15, -0.1) is 0 Å². The van der Waals surface area contributed by atoms with Gasteiger partial charge < -0.3 is 58.3 Å². The van der Waals surface area contributed by atoms with E-state index in [1.165, 1.54) is 24.3 Å². The third kappa shape index (κ3) is 12.6. The van der Waals surface area contributed by atoms with Crippen molar-refractivity contribution in [2.24, 2.45) is 5.41 Å². The van der Waals surface area contributed by atoms with Gasteiger partial charge >= 0.3 is 53.2 Å². The predicted molar refractivity (Wildman–Crippen MR) is 349 cm³/mol. The molecule has 0 bridgehead atoms. The van der Waals surface area contributed by atoms with Gasteiger partial charge in [0.15, 0.2) is 12.2 Å². The lowest BCUT2D eigenvalue weighted by molar-refractivity contribution is -0.193. The Kier molecular flexibility index (Phi) is 19.2. The van der Waals surface area contributed by atoms with Crippen LogP contribution in [0.15, 0.2) is 244 Å². The van der Waals surface area contributed by atoms with Crippen LogP contribution in [-0.2, 0) is 63.3 Å². The molecular formula is C77H60O20. The highest BCUT2D eigenvalue weighted by atomic mass is 16.6. The molecule has 0 saturated carbocycles. The summed E-state index contributed by atoms with van der Waals surface area (Å²) in [5, 5.41) is 40.8. The summed E-state index contributed by atoms with van der Waals surface area (Å²) in [6, 6.07) is 65.3. The van der Waals surface area contributed by atoms with E-state index in [1.807, 2.05) is 109 Å². The lowest BCUT2D eigenvalue weighted by atomic mass is 9.68. The molecule has 488 valence electrons. The van der Waals surface area contributed by atoms with Gasteiger partial charge in [-0.05, 0) is 127 Å². The van der Waals surface area contributed by atoms with E-state index in [2.05, 4.69) is 37.4 Å². The molecule has 0 spiro atoms. The van der Waals surface area contributed by atoms with Crippen LogP contribution in [-0.4, -0.2) is 120 Å². The van der Waals surface area contributed by atoms with E-state index in [0.29, 0.717) is 11.5 Å². The maximum Gasteiger partial charge on any atom is 0.355 e. The van der Waals surface area contributed by atoms with Crippen LogP contribution in [0, 0.1) is 5.41 Å². The minimum Gasteiger partial charge on any atom is -0.508 e. The molecule has 2 aliphatic rings. The van der Waals surface area contributed by atoms with Crippen LogP contribution in [0.5, 0.6) is 23.0 Å². The van der Waals surface area contributed by atoms with Crippen LogP contribution in [0.1, 0.15) is 65.2 Å². The van der Waals surface area contributed by atoms with Crippen LogP contribution < -0.4 is 14.2 Å². The number of phenols is 1. The Balaban J connectivity index is 0.788. The first kappa shape index (κ1) is 65.9. The Morgan fingerprint density at radius 3 is 1.12 bits per heavy atom. The molecule has 4 N–H and O–H groups in total. The molecule has 0 amide bonds. The molecule has 0 heterocycles. The van der Waals surface area contributed by atoms with Crippen molar-refractivity contribution in [1.29, 1.82) is 0 Å². The summed E-state index contributed by atoms with van der Waals surface area (Å²) in [5.41, 5.74) is 4.75. The molecule has 2 atom stereocenters. The number of fused-ring (bicyclic) bond motifs is 6. The Morgan fingerprint density at radius 1 is 0.392 bits per heavy atom. The molecule has 0 fully saturated rings. The van der Waals surface area contributed by atoms with Gasteiger partial charge in [0.1, 0.15) is 62.6 Å². The fourth-order valence-corrected chi connectivity index (χ4v) is 12.5. The molecule has 9 aromatic rings. The zero-order valence-corrected chi connectivity index (χ0v) is 51.6. The summed E-state index contributed by atoms with van der Waals surface area (Å²) in [4.78, 5) is 103. The first-order valence-electron chi connectivity index (χ1n) is 30.3. The molecule has 2 unspecified atom stereocenters. The fourth-order valence-electron chi connectivity index (χ4n) is 12.5. The molecule has 0 radical (unpaired) electrons. The molecule has 0 aliphatic heterocycles. The zero-order valence-electron chi connectivity index (χ0n) is 51.6. The van der Waals surface area contributed by atoms with Crippen molar-refractivity contribution in [2.75, 3.05) is 39.6 Å². The number of aliphatic carboxylic acids is 2. The minimum atomic E-state index is -3.98. The van der Waals surface area contributed by atoms with Gasteiger partial charge in [-0.2, -0.15) is 0 Å². The summed E-state index contributed by atoms with van der Waals surface area (Å²) < 4.78 is 44.6. The average molecular weight is 1310 g/mol. The summed E-state index contributed by atoms with van der Waals surface area (Å²) in [5.74, 6) is -12.2. The van der Waals surface area contributed by atoms with Gasteiger partial charge in [0.25, 0.3) is 0 Å². The van der Waals surface area contributed by atoms with Crippen molar-refractivity contribution in [3.8, 4) is 45.3 Å². The zero-order chi connectivity index (χ0) is 68.4. The molecule has 20 nitrogen and oxygen atoms in total. The third-order valence-electron chi connectivity index (χ3n) is 16.9. The second kappa shape index (κ2) is 28.3. The van der Waals surface area contributed by atoms with E-state index >= 15 is 0 Å². The van der Waals surface area contributed by atoms with Crippen molar-refractivity contribution in [2.45, 2.75) is 23.0 Å². The number of rotatable bonds is 28. The van der Waals surface area contributed by atoms with Crippen LogP contribution in [0.3, 0.4) is 0 Å². The highest BCUT2D eigenvalue weighted by Crippen LogP contribution is 2.58. The SMILES string of the molecule is C=CC(=O)OCC(COc1ccc(C2(c3ccc(OCC(COC(=O)C=C)OC(=O)C(C(=O)O)(C(=O)O)C(=O)OCCOc4ccc(C5(c6ccc(O)cc6)c6ccccc6-c6ccccc65)cc4)cc3)c3ccccc3-c3ccccc32)cc1)OC(=O)c1ccccc1C(=O)O. The van der Waals surface area contributed by atoms with E-state index in [1.54, 1.807) is 60.7 Å². The monoisotopic (exact) mass is 1300 g/mol. The largest absolute Gasteiger partial charge is 0.508 e. The number of phenolic OH excluding ortho intramolecular Hbond substituents is 1. The summed E-state index contributed by atoms with van der Waals surface area (Å²) in [6.07, 6.45) is -1.19. The van der Waals surface area contributed by atoms with Crippen LogP contribution in [0.4, 0.5) is 0 Å². The van der Waals surface area contributed by atoms with Crippen LogP contribution >= 0.6 is 0 Å². The van der Waals surface area contributed by atoms with Crippen LogP contribution in [0.25, 0.3) is 22.3 Å². The third-order valence-corrected chi connectivity index (χ3v) is 16.9. The van der Waals surface area contributed by atoms with E-state index < -0.39 is 109 Å². The maximum absolute atomic E-state index is 14.0. The van der Waals surface area contributed by atoms with Crippen molar-refractivity contribution >= 4 is 47.8 Å². The van der Waals surface area contributed by atoms with Gasteiger partial charge in [-0.3, -0.25) is 0 Å².